The van der Waals surface area contributed by atoms with Gasteiger partial charge < -0.3 is 15.5 Å². The molecule has 3 aromatic rings. The van der Waals surface area contributed by atoms with Crippen LogP contribution in [0.1, 0.15) is 18.5 Å². The van der Waals surface area contributed by atoms with E-state index < -0.39 is 0 Å². The molecular weight excluding hydrogens is 394 g/mol. The van der Waals surface area contributed by atoms with E-state index in [0.29, 0.717) is 24.3 Å². The molecule has 0 fully saturated rings. The number of carbonyl (C=O) groups excluding carboxylic acids is 3. The molecule has 3 amide bonds. The van der Waals surface area contributed by atoms with E-state index in [1.165, 1.54) is 4.90 Å². The number of nitrogens with zero attached hydrogens (tertiary/aromatic N) is 3. The molecule has 2 heterocycles. The number of rotatable bonds is 7. The molecule has 0 spiro atoms. The number of nitrogens with one attached hydrogen (secondary N) is 2. The van der Waals surface area contributed by atoms with Crippen LogP contribution in [0, 0.1) is 0 Å². The summed E-state index contributed by atoms with van der Waals surface area (Å²) in [5, 5.41) is 10.1. The van der Waals surface area contributed by atoms with Gasteiger partial charge in [0.15, 0.2) is 0 Å². The van der Waals surface area contributed by atoms with Crippen molar-refractivity contribution in [3.05, 3.63) is 72.6 Å². The molecule has 2 aromatic carbocycles. The van der Waals surface area contributed by atoms with Crippen LogP contribution in [0.25, 0.3) is 5.69 Å². The Labute approximate surface area is 179 Å². The average molecular weight is 417 g/mol. The van der Waals surface area contributed by atoms with Gasteiger partial charge in [0.25, 0.3) is 0 Å². The lowest BCUT2D eigenvalue weighted by Gasteiger charge is -2.29. The highest BCUT2D eigenvalue weighted by Crippen LogP contribution is 2.29. The summed E-state index contributed by atoms with van der Waals surface area (Å²) in [6, 6.07) is 18.8. The van der Waals surface area contributed by atoms with Crippen molar-refractivity contribution in [1.82, 2.24) is 15.1 Å². The number of aromatic nitrogens is 2. The summed E-state index contributed by atoms with van der Waals surface area (Å²) in [6.07, 6.45) is 2.59. The zero-order chi connectivity index (χ0) is 21.6. The molecule has 158 valence electrons. The van der Waals surface area contributed by atoms with Crippen LogP contribution >= 0.6 is 0 Å². The number of anilines is 2. The van der Waals surface area contributed by atoms with Gasteiger partial charge in [-0.1, -0.05) is 30.3 Å². The maximum Gasteiger partial charge on any atom is 0.244 e. The van der Waals surface area contributed by atoms with Gasteiger partial charge in [-0.15, -0.1) is 0 Å². The van der Waals surface area contributed by atoms with Crippen LogP contribution in [0.4, 0.5) is 11.4 Å². The van der Waals surface area contributed by atoms with Crippen LogP contribution in [-0.2, 0) is 20.8 Å². The van der Waals surface area contributed by atoms with Crippen molar-refractivity contribution in [2.45, 2.75) is 19.3 Å². The van der Waals surface area contributed by atoms with Gasteiger partial charge in [-0.25, -0.2) is 4.68 Å². The smallest absolute Gasteiger partial charge is 0.244 e. The first-order chi connectivity index (χ1) is 15.1. The van der Waals surface area contributed by atoms with E-state index in [-0.39, 0.29) is 37.1 Å². The van der Waals surface area contributed by atoms with Crippen molar-refractivity contribution in [1.29, 1.82) is 0 Å². The number of hydrogen-bond acceptors (Lipinski definition) is 4. The second-order valence-corrected chi connectivity index (χ2v) is 7.23. The number of carbonyl (C=O) groups is 3. The van der Waals surface area contributed by atoms with E-state index in [0.717, 1.165) is 11.4 Å². The molecule has 0 unspecified atom stereocenters. The Morgan fingerprint density at radius 1 is 1.00 bits per heavy atom. The van der Waals surface area contributed by atoms with Gasteiger partial charge in [-0.2, -0.15) is 5.10 Å². The fourth-order valence-corrected chi connectivity index (χ4v) is 3.45. The highest BCUT2D eigenvalue weighted by molar-refractivity contribution is 6.10. The lowest BCUT2D eigenvalue weighted by molar-refractivity contribution is -0.125. The Bertz CT molecular complexity index is 1090. The van der Waals surface area contributed by atoms with Gasteiger partial charge in [-0.05, 0) is 30.3 Å². The molecular formula is C23H23N5O3. The summed E-state index contributed by atoms with van der Waals surface area (Å²) >= 11 is 0. The number of hydrogen-bond donors (Lipinski definition) is 2. The number of fused-ring (bicyclic) bond motifs is 1. The summed E-state index contributed by atoms with van der Waals surface area (Å²) in [5.74, 6) is -0.698. The van der Waals surface area contributed by atoms with Crippen LogP contribution in [0.3, 0.4) is 0 Å². The number of amides is 3. The van der Waals surface area contributed by atoms with Gasteiger partial charge in [0, 0.05) is 32.0 Å². The van der Waals surface area contributed by atoms with Crippen LogP contribution in [0.15, 0.2) is 66.9 Å². The van der Waals surface area contributed by atoms with E-state index in [2.05, 4.69) is 15.7 Å². The van der Waals surface area contributed by atoms with Gasteiger partial charge >= 0.3 is 0 Å². The summed E-state index contributed by atoms with van der Waals surface area (Å²) < 4.78 is 1.79. The fourth-order valence-electron chi connectivity index (χ4n) is 3.45. The van der Waals surface area contributed by atoms with Gasteiger partial charge in [0.05, 0.1) is 22.8 Å². The SMILES string of the molecule is O=C(CCC(=O)N1CC(=O)Nc2ccccc21)NCCc1ccn(-c2ccccc2)n1. The molecule has 0 bridgehead atoms. The van der Waals surface area contributed by atoms with Crippen molar-refractivity contribution in [3.8, 4) is 5.69 Å². The molecule has 31 heavy (non-hydrogen) atoms. The highest BCUT2D eigenvalue weighted by Gasteiger charge is 2.26. The van der Waals surface area contributed by atoms with Gasteiger partial charge in [0.1, 0.15) is 6.54 Å². The zero-order valence-corrected chi connectivity index (χ0v) is 17.0. The normalized spacial score (nSPS) is 12.8. The third-order valence-corrected chi connectivity index (χ3v) is 5.01. The van der Waals surface area contributed by atoms with Crippen molar-refractivity contribution < 1.29 is 14.4 Å². The molecule has 4 rings (SSSR count). The topological polar surface area (TPSA) is 96.3 Å². The monoisotopic (exact) mass is 417 g/mol. The van der Waals surface area contributed by atoms with E-state index in [4.69, 9.17) is 0 Å². The predicted octanol–water partition coefficient (Wildman–Crippen LogP) is 2.30. The molecule has 0 radical (unpaired) electrons. The first-order valence-corrected chi connectivity index (χ1v) is 10.2. The molecule has 1 aromatic heterocycles. The minimum atomic E-state index is -0.251. The zero-order valence-electron chi connectivity index (χ0n) is 17.0. The molecule has 0 aliphatic carbocycles. The maximum atomic E-state index is 12.6. The third kappa shape index (κ3) is 4.98. The minimum absolute atomic E-state index is 0.0378. The lowest BCUT2D eigenvalue weighted by atomic mass is 10.1. The Morgan fingerprint density at radius 2 is 1.77 bits per heavy atom. The Balaban J connectivity index is 1.23. The predicted molar refractivity (Wildman–Crippen MR) is 117 cm³/mol. The minimum Gasteiger partial charge on any atom is -0.356 e. The van der Waals surface area contributed by atoms with Crippen LogP contribution in [0.2, 0.25) is 0 Å². The van der Waals surface area contributed by atoms with E-state index in [9.17, 15) is 14.4 Å². The molecule has 8 heteroatoms. The maximum absolute atomic E-state index is 12.6. The largest absolute Gasteiger partial charge is 0.356 e. The van der Waals surface area contributed by atoms with Crippen LogP contribution < -0.4 is 15.5 Å². The average Bonchev–Trinajstić information content (AvgIpc) is 3.26. The highest BCUT2D eigenvalue weighted by atomic mass is 16.2. The lowest BCUT2D eigenvalue weighted by Crippen LogP contribution is -2.42. The van der Waals surface area contributed by atoms with Crippen LogP contribution in [-0.4, -0.2) is 40.6 Å². The van der Waals surface area contributed by atoms with Gasteiger partial charge in [0.2, 0.25) is 17.7 Å². The first kappa shape index (κ1) is 20.3. The molecule has 2 N–H and O–H groups in total. The van der Waals surface area contributed by atoms with Gasteiger partial charge in [-0.3, -0.25) is 14.4 Å². The summed E-state index contributed by atoms with van der Waals surface area (Å²) in [6.45, 7) is 0.398. The second kappa shape index (κ2) is 9.25. The van der Waals surface area contributed by atoms with Crippen LogP contribution in [0.5, 0.6) is 0 Å². The van der Waals surface area contributed by atoms with E-state index >= 15 is 0 Å². The van der Waals surface area contributed by atoms with Crippen molar-refractivity contribution in [3.63, 3.8) is 0 Å². The summed E-state index contributed by atoms with van der Waals surface area (Å²) in [5.41, 5.74) is 3.11. The first-order valence-electron chi connectivity index (χ1n) is 10.2. The molecule has 0 saturated carbocycles. The quantitative estimate of drug-likeness (QED) is 0.617. The van der Waals surface area contributed by atoms with Crippen molar-refractivity contribution in [2.75, 3.05) is 23.3 Å². The molecule has 8 nitrogen and oxygen atoms in total. The van der Waals surface area contributed by atoms with E-state index in [1.54, 1.807) is 22.9 Å². The fraction of sp³-hybridized carbons (Fsp3) is 0.217. The third-order valence-electron chi connectivity index (χ3n) is 5.01. The summed E-state index contributed by atoms with van der Waals surface area (Å²) in [4.78, 5) is 38.1. The Morgan fingerprint density at radius 3 is 2.61 bits per heavy atom. The molecule has 0 saturated heterocycles. The number of benzene rings is 2. The Hall–Kier alpha value is -3.94. The second-order valence-electron chi connectivity index (χ2n) is 7.23. The summed E-state index contributed by atoms with van der Waals surface area (Å²) in [7, 11) is 0. The standard InChI is InChI=1S/C23H23N5O3/c29-21(24-14-12-17-13-15-28(26-17)18-6-2-1-3-7-18)10-11-23(31)27-16-22(30)25-19-8-4-5-9-20(19)27/h1-9,13,15H,10-12,14,16H2,(H,24,29)(H,25,30). The van der Waals surface area contributed by atoms with E-state index in [1.807, 2.05) is 48.7 Å². The molecule has 1 aliphatic rings. The number of para-hydroxylation sites is 3. The molecule has 0 atom stereocenters. The van der Waals surface area contributed by atoms with Crippen molar-refractivity contribution in [2.24, 2.45) is 0 Å². The van der Waals surface area contributed by atoms with Crippen molar-refractivity contribution >= 4 is 29.1 Å². The Kier molecular flexibility index (Phi) is 6.07. The molecule has 1 aliphatic heterocycles.